The Hall–Kier alpha value is -5.70. The molecule has 5 aromatic carbocycles. The molecular weight excluding hydrogens is 701 g/mol. The molecule has 1 aromatic heterocycles. The Bertz CT molecular complexity index is 2630. The second kappa shape index (κ2) is 13.0. The number of anilines is 4. The normalized spacial score (nSPS) is 23.4. The van der Waals surface area contributed by atoms with E-state index in [2.05, 4.69) is 162 Å². The Balaban J connectivity index is 0.914. The summed E-state index contributed by atoms with van der Waals surface area (Å²) in [5.74, 6) is 0.559. The van der Waals surface area contributed by atoms with Gasteiger partial charge in [0.15, 0.2) is 0 Å². The number of para-hydroxylation sites is 2. The number of nitrogens with zero attached hydrogens (tertiary/aromatic N) is 6. The molecule has 0 amide bonds. The molecule has 0 fully saturated rings. The lowest BCUT2D eigenvalue weighted by Gasteiger charge is -2.33. The van der Waals surface area contributed by atoms with Crippen LogP contribution in [0, 0.1) is 5.92 Å². The predicted molar refractivity (Wildman–Crippen MR) is 222 cm³/mol. The first kappa shape index (κ1) is 31.8. The van der Waals surface area contributed by atoms with Crippen molar-refractivity contribution in [3.05, 3.63) is 186 Å². The lowest BCUT2D eigenvalue weighted by atomic mass is 9.75. The van der Waals surface area contributed by atoms with E-state index in [1.807, 2.05) is 0 Å². The van der Waals surface area contributed by atoms with E-state index >= 15 is 0 Å². The van der Waals surface area contributed by atoms with E-state index < -0.39 is 0 Å². The number of aromatic nitrogens is 2. The summed E-state index contributed by atoms with van der Waals surface area (Å²) in [7, 11) is 0. The number of allylic oxidation sites excluding steroid dienone is 5. The van der Waals surface area contributed by atoms with Crippen LogP contribution in [-0.2, 0) is 11.4 Å². The van der Waals surface area contributed by atoms with Crippen LogP contribution in [0.15, 0.2) is 172 Å². The monoisotopic (exact) mass is 736 g/mol. The van der Waals surface area contributed by atoms with Crippen LogP contribution in [0.25, 0.3) is 16.3 Å². The van der Waals surface area contributed by atoms with Crippen LogP contribution in [0.4, 0.5) is 22.7 Å². The van der Waals surface area contributed by atoms with Crippen molar-refractivity contribution < 1.29 is 0 Å². The van der Waals surface area contributed by atoms with Crippen molar-refractivity contribution in [2.24, 2.45) is 14.6 Å². The second-order valence-corrected chi connectivity index (χ2v) is 15.7. The highest BCUT2D eigenvalue weighted by atomic mass is 32.1. The number of rotatable bonds is 6. The van der Waals surface area contributed by atoms with Crippen LogP contribution in [0.2, 0.25) is 0 Å². The minimum absolute atomic E-state index is 0.00873. The van der Waals surface area contributed by atoms with Gasteiger partial charge in [0, 0.05) is 51.9 Å². The van der Waals surface area contributed by atoms with Crippen molar-refractivity contribution in [3.8, 4) is 0 Å². The molecule has 6 nitrogen and oxygen atoms in total. The Morgan fingerprint density at radius 2 is 1.57 bits per heavy atom. The quantitative estimate of drug-likeness (QED) is 0.160. The van der Waals surface area contributed by atoms with Crippen LogP contribution in [-0.4, -0.2) is 20.8 Å². The minimum atomic E-state index is -0.0943. The van der Waals surface area contributed by atoms with Gasteiger partial charge < -0.3 is 9.80 Å². The van der Waals surface area contributed by atoms with E-state index in [-0.39, 0.29) is 17.9 Å². The first-order valence-corrected chi connectivity index (χ1v) is 20.3. The summed E-state index contributed by atoms with van der Waals surface area (Å²) in [6, 6.07) is 44.4. The van der Waals surface area contributed by atoms with Gasteiger partial charge in [0.25, 0.3) is 0 Å². The SMILES string of the molecule is C1=CC2c3ccccc3N(c3ccc(N(C4=CCC(C5=C6N=S=NC6C(c6ccc7ccccc7c6)c6nsnc65)C=C4)c4ccccc4)cc3)C2CC1. The zero-order valence-electron chi connectivity index (χ0n) is 29.4. The second-order valence-electron chi connectivity index (χ2n) is 14.6. The van der Waals surface area contributed by atoms with Gasteiger partial charge in [-0.2, -0.15) is 13.1 Å². The molecule has 5 unspecified atom stereocenters. The Morgan fingerprint density at radius 3 is 2.44 bits per heavy atom. The third-order valence-electron chi connectivity index (χ3n) is 11.8. The first-order valence-electron chi connectivity index (χ1n) is 18.8. The maximum atomic E-state index is 4.99. The van der Waals surface area contributed by atoms with Gasteiger partial charge in [-0.25, -0.2) is 4.36 Å². The standard InChI is InChI=1S/C46H36N6S2/c1-2-12-33(13-3-1)51(35-24-26-36(27-25-35)52-39-16-8-6-14-37(39)38-15-7-9-17-40(38)52)34-22-20-30(21-23-34)41-43-45(49-53-47-43)42(46-44(41)48-54-50-46)32-19-18-29-10-4-5-11-31(29)28-32/h1-8,10-16,18-20,22-28,30,38,40,42,45H,9,17,21H2. The highest BCUT2D eigenvalue weighted by molar-refractivity contribution is 7.57. The number of benzene rings is 5. The molecule has 0 saturated carbocycles. The summed E-state index contributed by atoms with van der Waals surface area (Å²) < 4.78 is 19.8. The third kappa shape index (κ3) is 5.11. The molecule has 8 heteroatoms. The highest BCUT2D eigenvalue weighted by Gasteiger charge is 2.43. The van der Waals surface area contributed by atoms with Crippen molar-refractivity contribution >= 4 is 62.2 Å². The van der Waals surface area contributed by atoms with Crippen molar-refractivity contribution in [3.63, 3.8) is 0 Å². The molecule has 3 aliphatic carbocycles. The van der Waals surface area contributed by atoms with Crippen LogP contribution in [0.3, 0.4) is 0 Å². The first-order chi connectivity index (χ1) is 26.8. The van der Waals surface area contributed by atoms with Crippen molar-refractivity contribution in [2.75, 3.05) is 9.80 Å². The Labute approximate surface area is 322 Å². The maximum Gasteiger partial charge on any atom is 0.120 e. The maximum absolute atomic E-state index is 4.99. The summed E-state index contributed by atoms with van der Waals surface area (Å²) in [5, 5.41) is 2.46. The molecule has 262 valence electrons. The molecule has 5 aliphatic rings. The largest absolute Gasteiger partial charge is 0.337 e. The molecule has 3 heterocycles. The number of hydrogen-bond donors (Lipinski definition) is 0. The summed E-state index contributed by atoms with van der Waals surface area (Å²) in [4.78, 5) is 4.94. The molecule has 5 atom stereocenters. The molecule has 0 spiro atoms. The molecule has 6 aromatic rings. The Morgan fingerprint density at radius 1 is 0.759 bits per heavy atom. The fraction of sp³-hybridized carbons (Fsp3) is 0.174. The van der Waals surface area contributed by atoms with Crippen molar-refractivity contribution in [2.45, 2.75) is 43.2 Å². The van der Waals surface area contributed by atoms with E-state index in [1.54, 1.807) is 0 Å². The summed E-state index contributed by atoms with van der Waals surface area (Å²) in [6.45, 7) is 0. The summed E-state index contributed by atoms with van der Waals surface area (Å²) >= 11 is 2.62. The van der Waals surface area contributed by atoms with Gasteiger partial charge in [-0.15, -0.1) is 0 Å². The summed E-state index contributed by atoms with van der Waals surface area (Å²) in [5.41, 5.74) is 12.8. The highest BCUT2D eigenvalue weighted by Crippen LogP contribution is 2.51. The fourth-order valence-electron chi connectivity index (χ4n) is 9.31. The molecule has 0 saturated heterocycles. The van der Waals surface area contributed by atoms with Crippen molar-refractivity contribution in [1.29, 1.82) is 0 Å². The molecule has 0 N–H and O–H groups in total. The number of hydrogen-bond acceptors (Lipinski definition) is 7. The number of fused-ring (bicyclic) bond motifs is 6. The van der Waals surface area contributed by atoms with Crippen LogP contribution in [0.5, 0.6) is 0 Å². The van der Waals surface area contributed by atoms with Gasteiger partial charge in [0.1, 0.15) is 11.7 Å². The average Bonchev–Trinajstić information content (AvgIpc) is 3.99. The molecule has 54 heavy (non-hydrogen) atoms. The zero-order chi connectivity index (χ0) is 35.6. The Kier molecular flexibility index (Phi) is 7.66. The topological polar surface area (TPSA) is 57.0 Å². The van der Waals surface area contributed by atoms with Gasteiger partial charge in [0.05, 0.1) is 40.4 Å². The van der Waals surface area contributed by atoms with E-state index in [0.717, 1.165) is 53.4 Å². The van der Waals surface area contributed by atoms with E-state index in [0.29, 0.717) is 12.0 Å². The van der Waals surface area contributed by atoms with E-state index in [9.17, 15) is 0 Å². The molecule has 0 radical (unpaired) electrons. The lowest BCUT2D eigenvalue weighted by molar-refractivity contribution is 0.565. The summed E-state index contributed by atoms with van der Waals surface area (Å²) in [6.07, 6.45) is 14.9. The molecule has 11 rings (SSSR count). The predicted octanol–water partition coefficient (Wildman–Crippen LogP) is 11.6. The third-order valence-corrected chi connectivity index (χ3v) is 12.9. The van der Waals surface area contributed by atoms with Crippen LogP contribution >= 0.6 is 11.7 Å². The lowest BCUT2D eigenvalue weighted by Crippen LogP contribution is -2.30. The van der Waals surface area contributed by atoms with Crippen LogP contribution < -0.4 is 9.80 Å². The van der Waals surface area contributed by atoms with E-state index in [1.165, 1.54) is 61.9 Å². The van der Waals surface area contributed by atoms with Gasteiger partial charge in [0.2, 0.25) is 0 Å². The zero-order valence-corrected chi connectivity index (χ0v) is 31.1. The molecule has 2 aliphatic heterocycles. The minimum Gasteiger partial charge on any atom is -0.337 e. The average molecular weight is 737 g/mol. The van der Waals surface area contributed by atoms with E-state index in [4.69, 9.17) is 17.5 Å². The van der Waals surface area contributed by atoms with Crippen LogP contribution in [0.1, 0.15) is 53.6 Å². The smallest absolute Gasteiger partial charge is 0.120 e. The van der Waals surface area contributed by atoms with Gasteiger partial charge in [-0.1, -0.05) is 103 Å². The van der Waals surface area contributed by atoms with Gasteiger partial charge in [-0.3, -0.25) is 0 Å². The molecule has 0 bridgehead atoms. The van der Waals surface area contributed by atoms with Gasteiger partial charge in [-0.05, 0) is 89.7 Å². The molecular formula is C46H36N6S2. The fourth-order valence-corrected chi connectivity index (χ4v) is 10.6. The van der Waals surface area contributed by atoms with Crippen molar-refractivity contribution in [1.82, 2.24) is 8.75 Å². The van der Waals surface area contributed by atoms with Gasteiger partial charge >= 0.3 is 0 Å².